The summed E-state index contributed by atoms with van der Waals surface area (Å²) in [5.41, 5.74) is 0.230. The zero-order chi connectivity index (χ0) is 14.0. The Balaban J connectivity index is 2.20. The van der Waals surface area contributed by atoms with Gasteiger partial charge < -0.3 is 9.88 Å². The van der Waals surface area contributed by atoms with E-state index in [1.807, 2.05) is 31.7 Å². The van der Waals surface area contributed by atoms with Gasteiger partial charge >= 0.3 is 0 Å². The van der Waals surface area contributed by atoms with Crippen molar-refractivity contribution in [2.24, 2.45) is 7.05 Å². The van der Waals surface area contributed by atoms with E-state index in [4.69, 9.17) is 11.6 Å². The maximum atomic E-state index is 12.0. The topological polar surface area (TPSA) is 64.7 Å². The monoisotopic (exact) mass is 281 g/mol. The van der Waals surface area contributed by atoms with Crippen LogP contribution in [0.25, 0.3) is 0 Å². The van der Waals surface area contributed by atoms with Gasteiger partial charge in [0.1, 0.15) is 10.8 Å². The number of nitrogens with zero attached hydrogens (tertiary/aromatic N) is 4. The number of halogens is 1. The SMILES string of the molecule is CC(C)n1ncc(NCc2nccn2C)c(Cl)c1=O. The van der Waals surface area contributed by atoms with Gasteiger partial charge in [-0.2, -0.15) is 5.10 Å². The van der Waals surface area contributed by atoms with Gasteiger partial charge in [0.25, 0.3) is 5.56 Å². The average Bonchev–Trinajstić information content (AvgIpc) is 2.76. The van der Waals surface area contributed by atoms with Crippen LogP contribution >= 0.6 is 11.6 Å². The zero-order valence-electron chi connectivity index (χ0n) is 11.1. The Morgan fingerprint density at radius 3 is 2.79 bits per heavy atom. The lowest BCUT2D eigenvalue weighted by molar-refractivity contribution is 0.503. The summed E-state index contributed by atoms with van der Waals surface area (Å²) in [4.78, 5) is 16.1. The fraction of sp³-hybridized carbons (Fsp3) is 0.417. The van der Waals surface area contributed by atoms with Crippen LogP contribution in [-0.4, -0.2) is 19.3 Å². The van der Waals surface area contributed by atoms with Gasteiger partial charge in [-0.25, -0.2) is 9.67 Å². The minimum absolute atomic E-state index is 0.0198. The van der Waals surface area contributed by atoms with E-state index in [9.17, 15) is 4.79 Å². The van der Waals surface area contributed by atoms with Crippen molar-refractivity contribution in [3.63, 3.8) is 0 Å². The number of rotatable bonds is 4. The molecular weight excluding hydrogens is 266 g/mol. The first-order valence-corrected chi connectivity index (χ1v) is 6.36. The standard InChI is InChI=1S/C12H16ClN5O/c1-8(2)18-12(19)11(13)9(6-16-18)15-7-10-14-4-5-17(10)3/h4-6,8,15H,7H2,1-3H3. The van der Waals surface area contributed by atoms with E-state index < -0.39 is 0 Å². The van der Waals surface area contributed by atoms with Crippen LogP contribution in [0.1, 0.15) is 25.7 Å². The van der Waals surface area contributed by atoms with Gasteiger partial charge in [-0.3, -0.25) is 4.79 Å². The molecule has 0 radical (unpaired) electrons. The maximum Gasteiger partial charge on any atom is 0.287 e. The molecule has 0 saturated carbocycles. The van der Waals surface area contributed by atoms with Crippen molar-refractivity contribution < 1.29 is 0 Å². The first-order chi connectivity index (χ1) is 9.00. The van der Waals surface area contributed by atoms with E-state index in [0.29, 0.717) is 12.2 Å². The van der Waals surface area contributed by atoms with Crippen LogP contribution in [0.4, 0.5) is 5.69 Å². The smallest absolute Gasteiger partial charge is 0.287 e. The van der Waals surface area contributed by atoms with Crippen molar-refractivity contribution in [3.8, 4) is 0 Å². The first-order valence-electron chi connectivity index (χ1n) is 5.98. The summed E-state index contributed by atoms with van der Waals surface area (Å²) < 4.78 is 3.25. The number of imidazole rings is 1. The molecule has 0 bridgehead atoms. The highest BCUT2D eigenvalue weighted by molar-refractivity contribution is 6.32. The molecule has 0 spiro atoms. The van der Waals surface area contributed by atoms with Crippen molar-refractivity contribution >= 4 is 17.3 Å². The summed E-state index contributed by atoms with van der Waals surface area (Å²) in [5.74, 6) is 0.851. The number of aryl methyl sites for hydroxylation is 1. The quantitative estimate of drug-likeness (QED) is 0.928. The number of hydrogen-bond donors (Lipinski definition) is 1. The Hall–Kier alpha value is -1.82. The second-order valence-electron chi connectivity index (χ2n) is 4.52. The fourth-order valence-electron chi connectivity index (χ4n) is 1.68. The predicted molar refractivity (Wildman–Crippen MR) is 74.4 cm³/mol. The van der Waals surface area contributed by atoms with Crippen LogP contribution in [-0.2, 0) is 13.6 Å². The van der Waals surface area contributed by atoms with E-state index >= 15 is 0 Å². The molecule has 102 valence electrons. The summed E-state index contributed by atoms with van der Waals surface area (Å²) in [6, 6.07) is -0.0198. The fourth-order valence-corrected chi connectivity index (χ4v) is 1.88. The number of aromatic nitrogens is 4. The Morgan fingerprint density at radius 2 is 2.21 bits per heavy atom. The second kappa shape index (κ2) is 5.44. The van der Waals surface area contributed by atoms with Crippen LogP contribution < -0.4 is 10.9 Å². The minimum Gasteiger partial charge on any atom is -0.375 e. The molecule has 19 heavy (non-hydrogen) atoms. The van der Waals surface area contributed by atoms with Crippen LogP contribution in [0.2, 0.25) is 5.02 Å². The third-order valence-electron chi connectivity index (χ3n) is 2.79. The third-order valence-corrected chi connectivity index (χ3v) is 3.16. The average molecular weight is 282 g/mol. The number of anilines is 1. The summed E-state index contributed by atoms with van der Waals surface area (Å²) in [5, 5.41) is 7.31. The normalized spacial score (nSPS) is 11.0. The molecule has 0 aromatic carbocycles. The van der Waals surface area contributed by atoms with Crippen molar-refractivity contribution in [1.29, 1.82) is 0 Å². The molecule has 0 amide bonds. The lowest BCUT2D eigenvalue weighted by Crippen LogP contribution is -2.25. The van der Waals surface area contributed by atoms with Crippen LogP contribution in [0.5, 0.6) is 0 Å². The van der Waals surface area contributed by atoms with Gasteiger partial charge in [-0.1, -0.05) is 11.6 Å². The largest absolute Gasteiger partial charge is 0.375 e. The Kier molecular flexibility index (Phi) is 3.90. The van der Waals surface area contributed by atoms with Gasteiger partial charge in [0.05, 0.1) is 24.5 Å². The van der Waals surface area contributed by atoms with Gasteiger partial charge in [0, 0.05) is 19.4 Å². The van der Waals surface area contributed by atoms with E-state index in [1.54, 1.807) is 12.4 Å². The lowest BCUT2D eigenvalue weighted by Gasteiger charge is -2.12. The van der Waals surface area contributed by atoms with Crippen molar-refractivity contribution in [3.05, 3.63) is 39.8 Å². The van der Waals surface area contributed by atoms with Crippen molar-refractivity contribution in [1.82, 2.24) is 19.3 Å². The molecule has 2 aromatic rings. The highest BCUT2D eigenvalue weighted by Crippen LogP contribution is 2.17. The molecule has 0 aliphatic heterocycles. The highest BCUT2D eigenvalue weighted by atomic mass is 35.5. The molecule has 1 N–H and O–H groups in total. The Bertz CT molecular complexity index is 631. The van der Waals surface area contributed by atoms with Crippen LogP contribution in [0.3, 0.4) is 0 Å². The van der Waals surface area contributed by atoms with E-state index in [-0.39, 0.29) is 16.6 Å². The molecule has 0 unspecified atom stereocenters. The molecular formula is C12H16ClN5O. The molecule has 6 nitrogen and oxygen atoms in total. The van der Waals surface area contributed by atoms with Gasteiger partial charge in [-0.05, 0) is 13.8 Å². The summed E-state index contributed by atoms with van der Waals surface area (Å²) in [6.45, 7) is 4.24. The summed E-state index contributed by atoms with van der Waals surface area (Å²) >= 11 is 6.06. The predicted octanol–water partition coefficient (Wildman–Crippen LogP) is 1.82. The summed E-state index contributed by atoms with van der Waals surface area (Å²) in [6.07, 6.45) is 5.13. The van der Waals surface area contributed by atoms with Crippen molar-refractivity contribution in [2.45, 2.75) is 26.4 Å². The minimum atomic E-state index is -0.290. The molecule has 7 heteroatoms. The van der Waals surface area contributed by atoms with Gasteiger partial charge in [0.15, 0.2) is 0 Å². The van der Waals surface area contributed by atoms with Gasteiger partial charge in [-0.15, -0.1) is 0 Å². The van der Waals surface area contributed by atoms with E-state index in [0.717, 1.165) is 5.82 Å². The van der Waals surface area contributed by atoms with E-state index in [2.05, 4.69) is 15.4 Å². The second-order valence-corrected chi connectivity index (χ2v) is 4.90. The molecule has 0 aliphatic carbocycles. The van der Waals surface area contributed by atoms with E-state index in [1.165, 1.54) is 4.68 Å². The molecule has 0 fully saturated rings. The Morgan fingerprint density at radius 1 is 1.47 bits per heavy atom. The molecule has 0 atom stereocenters. The Labute approximate surface area is 116 Å². The first kappa shape index (κ1) is 13.6. The summed E-state index contributed by atoms with van der Waals surface area (Å²) in [7, 11) is 1.90. The van der Waals surface area contributed by atoms with Crippen LogP contribution in [0.15, 0.2) is 23.4 Å². The zero-order valence-corrected chi connectivity index (χ0v) is 11.8. The maximum absolute atomic E-state index is 12.0. The lowest BCUT2D eigenvalue weighted by atomic mass is 10.4. The number of hydrogen-bond acceptors (Lipinski definition) is 4. The number of nitrogens with one attached hydrogen (secondary N) is 1. The third kappa shape index (κ3) is 2.78. The molecule has 2 aromatic heterocycles. The molecule has 2 heterocycles. The molecule has 0 aliphatic rings. The highest BCUT2D eigenvalue weighted by Gasteiger charge is 2.11. The van der Waals surface area contributed by atoms with Crippen molar-refractivity contribution in [2.75, 3.05) is 5.32 Å². The molecule has 2 rings (SSSR count). The molecule has 0 saturated heterocycles. The van der Waals surface area contributed by atoms with Crippen LogP contribution in [0, 0.1) is 0 Å². The van der Waals surface area contributed by atoms with Gasteiger partial charge in [0.2, 0.25) is 0 Å².